The highest BCUT2D eigenvalue weighted by molar-refractivity contribution is 6.36. The van der Waals surface area contributed by atoms with Crippen LogP contribution in [0.3, 0.4) is 0 Å². The fourth-order valence-corrected chi connectivity index (χ4v) is 4.51. The first kappa shape index (κ1) is 18.3. The van der Waals surface area contributed by atoms with Gasteiger partial charge in [-0.05, 0) is 30.3 Å². The van der Waals surface area contributed by atoms with Crippen molar-refractivity contribution >= 4 is 45.0 Å². The Balaban J connectivity index is 1.63. The summed E-state index contributed by atoms with van der Waals surface area (Å²) >= 11 is 0. The smallest absolute Gasteiger partial charge is 0.268 e. The normalized spacial score (nSPS) is 13.2. The van der Waals surface area contributed by atoms with Gasteiger partial charge in [0.2, 0.25) is 0 Å². The molecule has 5 nitrogen and oxygen atoms in total. The third-order valence-corrected chi connectivity index (χ3v) is 5.97. The van der Waals surface area contributed by atoms with Crippen molar-refractivity contribution in [3.05, 3.63) is 102 Å². The molecule has 5 aromatic rings. The van der Waals surface area contributed by atoms with Crippen molar-refractivity contribution in [3.8, 4) is 11.1 Å². The first-order valence-corrected chi connectivity index (χ1v) is 10.3. The van der Waals surface area contributed by atoms with E-state index in [1.807, 2.05) is 60.7 Å². The third kappa shape index (κ3) is 2.48. The molecule has 2 heterocycles. The second-order valence-electron chi connectivity index (χ2n) is 7.75. The molecule has 0 unspecified atom stereocenters. The molecule has 2 N–H and O–H groups in total. The summed E-state index contributed by atoms with van der Waals surface area (Å²) < 4.78 is 0. The van der Waals surface area contributed by atoms with Gasteiger partial charge in [0.1, 0.15) is 0 Å². The molecule has 5 heteroatoms. The van der Waals surface area contributed by atoms with Gasteiger partial charge in [-0.3, -0.25) is 9.59 Å². The van der Waals surface area contributed by atoms with Crippen LogP contribution in [0.25, 0.3) is 32.9 Å². The van der Waals surface area contributed by atoms with Gasteiger partial charge in [0.05, 0.1) is 33.5 Å². The van der Waals surface area contributed by atoms with Crippen molar-refractivity contribution in [2.45, 2.75) is 0 Å². The highest BCUT2D eigenvalue weighted by atomic mass is 16.2. The molecule has 152 valence electrons. The van der Waals surface area contributed by atoms with E-state index < -0.39 is 5.91 Å². The Bertz CT molecular complexity index is 1520. The number of fused-ring (bicyclic) bond motifs is 3. The van der Waals surface area contributed by atoms with Crippen molar-refractivity contribution in [1.29, 1.82) is 0 Å². The van der Waals surface area contributed by atoms with E-state index in [1.54, 1.807) is 30.3 Å². The van der Waals surface area contributed by atoms with Gasteiger partial charge in [-0.15, -0.1) is 0 Å². The van der Waals surface area contributed by atoms with Crippen molar-refractivity contribution in [3.63, 3.8) is 0 Å². The van der Waals surface area contributed by atoms with Crippen LogP contribution in [0, 0.1) is 0 Å². The van der Waals surface area contributed by atoms with Crippen molar-refractivity contribution in [2.75, 3.05) is 10.6 Å². The van der Waals surface area contributed by atoms with E-state index in [2.05, 4.69) is 0 Å². The van der Waals surface area contributed by atoms with Gasteiger partial charge in [0, 0.05) is 21.9 Å². The first-order chi connectivity index (χ1) is 15.6. The number of pyridine rings is 1. The standard InChI is InChI=1S/C27H17N3O2/c28-25-19(23-17-10-4-6-12-21(17)29-22-13-7-5-11-18(22)23)14-15-20-24(25)27(32)30(26(20)31)16-8-2-1-3-9-16/h1-15H,28H2. The van der Waals surface area contributed by atoms with E-state index in [9.17, 15) is 9.59 Å². The number of carbonyl (C=O) groups excluding carboxylic acids is 2. The van der Waals surface area contributed by atoms with Crippen LogP contribution in [0.2, 0.25) is 0 Å². The number of anilines is 2. The molecule has 1 aliphatic heterocycles. The molecule has 0 saturated heterocycles. The van der Waals surface area contributed by atoms with E-state index in [0.29, 0.717) is 16.9 Å². The number of carbonyl (C=O) groups is 2. The Morgan fingerprint density at radius 3 is 1.81 bits per heavy atom. The number of hydrogen-bond donors (Lipinski definition) is 1. The zero-order chi connectivity index (χ0) is 21.8. The monoisotopic (exact) mass is 415 g/mol. The zero-order valence-corrected chi connectivity index (χ0v) is 16.9. The van der Waals surface area contributed by atoms with Gasteiger partial charge in [-0.25, -0.2) is 9.88 Å². The van der Waals surface area contributed by atoms with Gasteiger partial charge in [0.25, 0.3) is 11.8 Å². The predicted octanol–water partition coefficient (Wildman–Crippen LogP) is 5.44. The van der Waals surface area contributed by atoms with Crippen LogP contribution in [0.5, 0.6) is 0 Å². The van der Waals surface area contributed by atoms with E-state index in [4.69, 9.17) is 10.7 Å². The molecular formula is C27H17N3O2. The number of para-hydroxylation sites is 3. The minimum atomic E-state index is -0.404. The number of benzene rings is 4. The lowest BCUT2D eigenvalue weighted by molar-refractivity contribution is 0.0926. The van der Waals surface area contributed by atoms with Crippen molar-refractivity contribution in [1.82, 2.24) is 4.98 Å². The molecule has 6 rings (SSSR count). The summed E-state index contributed by atoms with van der Waals surface area (Å²) in [4.78, 5) is 32.4. The van der Waals surface area contributed by atoms with Crippen LogP contribution < -0.4 is 10.6 Å². The Labute approximate surface area is 183 Å². The molecule has 0 spiro atoms. The highest BCUT2D eigenvalue weighted by Crippen LogP contribution is 2.42. The summed E-state index contributed by atoms with van der Waals surface area (Å²) in [6.07, 6.45) is 0. The van der Waals surface area contributed by atoms with Crippen LogP contribution in [0.15, 0.2) is 91.0 Å². The van der Waals surface area contributed by atoms with Gasteiger partial charge < -0.3 is 5.73 Å². The molecular weight excluding hydrogens is 398 g/mol. The molecule has 32 heavy (non-hydrogen) atoms. The Kier molecular flexibility index (Phi) is 3.86. The number of aromatic nitrogens is 1. The van der Waals surface area contributed by atoms with Crippen LogP contribution in [-0.2, 0) is 0 Å². The third-order valence-electron chi connectivity index (χ3n) is 5.97. The lowest BCUT2D eigenvalue weighted by Crippen LogP contribution is -2.29. The fourth-order valence-electron chi connectivity index (χ4n) is 4.51. The number of rotatable bonds is 2. The molecule has 0 aliphatic carbocycles. The second-order valence-corrected chi connectivity index (χ2v) is 7.75. The summed E-state index contributed by atoms with van der Waals surface area (Å²) in [7, 11) is 0. The van der Waals surface area contributed by atoms with Gasteiger partial charge in [-0.1, -0.05) is 60.7 Å². The first-order valence-electron chi connectivity index (χ1n) is 10.3. The molecule has 1 aliphatic rings. The number of amides is 2. The average molecular weight is 415 g/mol. The highest BCUT2D eigenvalue weighted by Gasteiger charge is 2.39. The number of nitrogen functional groups attached to an aromatic ring is 1. The second kappa shape index (κ2) is 6.75. The Morgan fingerprint density at radius 1 is 0.594 bits per heavy atom. The van der Waals surface area contributed by atoms with Crippen LogP contribution in [-0.4, -0.2) is 16.8 Å². The Hall–Kier alpha value is -4.51. The van der Waals surface area contributed by atoms with Crippen molar-refractivity contribution < 1.29 is 9.59 Å². The predicted molar refractivity (Wildman–Crippen MR) is 127 cm³/mol. The van der Waals surface area contributed by atoms with E-state index in [0.717, 1.165) is 32.9 Å². The maximum absolute atomic E-state index is 13.4. The fraction of sp³-hybridized carbons (Fsp3) is 0. The zero-order valence-electron chi connectivity index (χ0n) is 16.9. The largest absolute Gasteiger partial charge is 0.398 e. The van der Waals surface area contributed by atoms with E-state index in [1.165, 1.54) is 4.90 Å². The van der Waals surface area contributed by atoms with Gasteiger partial charge in [0.15, 0.2) is 0 Å². The summed E-state index contributed by atoms with van der Waals surface area (Å²) in [6, 6.07) is 28.2. The molecule has 0 atom stereocenters. The SMILES string of the molecule is Nc1c(-c2c3ccccc3nc3ccccc23)ccc2c1C(=O)N(c1ccccc1)C2=O. The molecule has 0 saturated carbocycles. The number of nitrogens with two attached hydrogens (primary N) is 1. The van der Waals surface area contributed by atoms with Crippen LogP contribution in [0.4, 0.5) is 11.4 Å². The molecule has 0 fully saturated rings. The lowest BCUT2D eigenvalue weighted by Gasteiger charge is -2.15. The van der Waals surface area contributed by atoms with Crippen LogP contribution in [0.1, 0.15) is 20.7 Å². The topological polar surface area (TPSA) is 76.3 Å². The number of hydrogen-bond acceptors (Lipinski definition) is 4. The minimum absolute atomic E-state index is 0.251. The maximum Gasteiger partial charge on any atom is 0.268 e. The summed E-state index contributed by atoms with van der Waals surface area (Å²) in [5.74, 6) is -0.767. The summed E-state index contributed by atoms with van der Waals surface area (Å²) in [5, 5.41) is 1.88. The average Bonchev–Trinajstić information content (AvgIpc) is 3.09. The molecule has 0 radical (unpaired) electrons. The molecule has 2 amide bonds. The molecule has 0 bridgehead atoms. The summed E-state index contributed by atoms with van der Waals surface area (Å²) in [5.41, 5.74) is 11.3. The number of imide groups is 1. The number of nitrogens with zero attached hydrogens (tertiary/aromatic N) is 2. The van der Waals surface area contributed by atoms with Gasteiger partial charge >= 0.3 is 0 Å². The summed E-state index contributed by atoms with van der Waals surface area (Å²) in [6.45, 7) is 0. The van der Waals surface area contributed by atoms with Gasteiger partial charge in [-0.2, -0.15) is 0 Å². The van der Waals surface area contributed by atoms with Crippen LogP contribution >= 0.6 is 0 Å². The maximum atomic E-state index is 13.4. The molecule has 4 aromatic carbocycles. The minimum Gasteiger partial charge on any atom is -0.398 e. The lowest BCUT2D eigenvalue weighted by atomic mass is 9.92. The Morgan fingerprint density at radius 2 is 1.16 bits per heavy atom. The van der Waals surface area contributed by atoms with E-state index in [-0.39, 0.29) is 11.5 Å². The quantitative estimate of drug-likeness (QED) is 0.237. The van der Waals surface area contributed by atoms with E-state index >= 15 is 0 Å². The van der Waals surface area contributed by atoms with Crippen molar-refractivity contribution in [2.24, 2.45) is 0 Å². The molecule has 1 aromatic heterocycles.